The minimum atomic E-state index is 0.279. The van der Waals surface area contributed by atoms with Crippen LogP contribution in [-0.4, -0.2) is 97.2 Å². The van der Waals surface area contributed by atoms with Gasteiger partial charge in [0.2, 0.25) is 0 Å². The van der Waals surface area contributed by atoms with Gasteiger partial charge in [-0.1, -0.05) is 89.0 Å². The summed E-state index contributed by atoms with van der Waals surface area (Å²) in [7, 11) is 0. The lowest BCUT2D eigenvalue weighted by Gasteiger charge is -2.45. The molecule has 11 aliphatic carbocycles. The molecule has 11 saturated carbocycles. The van der Waals surface area contributed by atoms with Gasteiger partial charge in [-0.05, 0) is 331 Å². The van der Waals surface area contributed by atoms with Crippen LogP contribution in [-0.2, 0) is 0 Å². The van der Waals surface area contributed by atoms with Crippen LogP contribution in [0.2, 0.25) is 0 Å². The second-order valence-corrected chi connectivity index (χ2v) is 37.9. The lowest BCUT2D eigenvalue weighted by atomic mass is 9.63. The molecule has 11 fully saturated rings. The van der Waals surface area contributed by atoms with Crippen LogP contribution in [0.4, 0.5) is 0 Å². The molecule has 0 spiro atoms. The van der Waals surface area contributed by atoms with E-state index in [2.05, 4.69) is 76.2 Å². The van der Waals surface area contributed by atoms with Crippen LogP contribution >= 0.6 is 0 Å². The van der Waals surface area contributed by atoms with E-state index in [1.165, 1.54) is 173 Å². The van der Waals surface area contributed by atoms with Crippen LogP contribution < -0.4 is 91.7 Å². The van der Waals surface area contributed by atoms with E-state index >= 15 is 0 Å². The van der Waals surface area contributed by atoms with Gasteiger partial charge in [0, 0.05) is 90.6 Å². The van der Waals surface area contributed by atoms with Gasteiger partial charge < -0.3 is 91.7 Å². The van der Waals surface area contributed by atoms with E-state index in [4.69, 9.17) is 91.7 Å². The van der Waals surface area contributed by atoms with Crippen molar-refractivity contribution in [3.05, 3.63) is 0 Å². The molecule has 16 nitrogen and oxygen atoms in total. The molecule has 0 saturated heterocycles. The normalized spacial score (nSPS) is 45.2. The first-order valence-electron chi connectivity index (χ1n) is 41.6. The van der Waals surface area contributed by atoms with Gasteiger partial charge in [-0.2, -0.15) is 0 Å². The number of rotatable bonds is 7. The minimum absolute atomic E-state index is 0.279. The summed E-state index contributed by atoms with van der Waals surface area (Å²) >= 11 is 0. The lowest BCUT2D eigenvalue weighted by molar-refractivity contribution is 0.0904. The molecule has 19 atom stereocenters. The summed E-state index contributed by atoms with van der Waals surface area (Å²) in [4.78, 5) is 0. The Labute approximate surface area is 599 Å². The molecule has 0 aromatic carbocycles. The second kappa shape index (κ2) is 45.0. The second-order valence-electron chi connectivity index (χ2n) is 37.9. The monoisotopic (exact) mass is 1370 g/mol. The quantitative estimate of drug-likeness (QED) is 0.113. The molecule has 11 rings (SSSR count). The fourth-order valence-corrected chi connectivity index (χ4v) is 20.3. The summed E-state index contributed by atoms with van der Waals surface area (Å²) in [5, 5.41) is 0. The van der Waals surface area contributed by atoms with Crippen molar-refractivity contribution in [3.63, 3.8) is 0 Å². The highest BCUT2D eigenvalue weighted by atomic mass is 14.8. The van der Waals surface area contributed by atoms with Crippen molar-refractivity contribution < 1.29 is 0 Å². The van der Waals surface area contributed by atoms with Crippen molar-refractivity contribution in [3.8, 4) is 0 Å². The molecular formula is C81H172N16. The third-order valence-electron chi connectivity index (χ3n) is 27.2. The highest BCUT2D eigenvalue weighted by Gasteiger charge is 2.40. The van der Waals surface area contributed by atoms with Gasteiger partial charge in [0.15, 0.2) is 0 Å². The van der Waals surface area contributed by atoms with E-state index in [9.17, 15) is 0 Å². The summed E-state index contributed by atoms with van der Waals surface area (Å²) in [6.07, 6.45) is 47.7. The van der Waals surface area contributed by atoms with Gasteiger partial charge in [-0.15, -0.1) is 0 Å². The Bertz CT molecular complexity index is 1870. The molecule has 0 heterocycles. The molecule has 16 heteroatoms. The lowest BCUT2D eigenvalue weighted by Crippen LogP contribution is -2.45. The first-order valence-corrected chi connectivity index (χ1v) is 41.6. The van der Waals surface area contributed by atoms with Gasteiger partial charge in [0.1, 0.15) is 0 Å². The van der Waals surface area contributed by atoms with E-state index in [1.54, 1.807) is 0 Å². The molecule has 0 amide bonds. The van der Waals surface area contributed by atoms with E-state index in [0.29, 0.717) is 132 Å². The highest BCUT2D eigenvalue weighted by Crippen LogP contribution is 2.46. The summed E-state index contributed by atoms with van der Waals surface area (Å²) in [5.74, 6) is 11.1. The fraction of sp³-hybridized carbons (Fsp3) is 1.00. The van der Waals surface area contributed by atoms with Crippen LogP contribution in [0.1, 0.15) is 320 Å². The summed E-state index contributed by atoms with van der Waals surface area (Å²) < 4.78 is 0. The van der Waals surface area contributed by atoms with Crippen LogP contribution in [0, 0.1) is 93.7 Å². The molecule has 19 unspecified atom stereocenters. The Kier molecular flexibility index (Phi) is 41.2. The zero-order valence-electron chi connectivity index (χ0n) is 65.6. The van der Waals surface area contributed by atoms with Gasteiger partial charge >= 0.3 is 0 Å². The molecule has 97 heavy (non-hydrogen) atoms. The first-order chi connectivity index (χ1) is 45.5. The maximum Gasteiger partial charge on any atom is 0.00905 e. The van der Waals surface area contributed by atoms with Crippen molar-refractivity contribution in [2.75, 3.05) is 6.54 Å². The number of hydrogen-bond donors (Lipinski definition) is 16. The van der Waals surface area contributed by atoms with Crippen molar-refractivity contribution in [2.24, 2.45) is 185 Å². The van der Waals surface area contributed by atoms with Crippen LogP contribution in [0.15, 0.2) is 0 Å². The number of nitrogens with two attached hydrogens (primary N) is 16. The topological polar surface area (TPSA) is 416 Å². The number of hydrogen-bond acceptors (Lipinski definition) is 16. The van der Waals surface area contributed by atoms with E-state index in [1.807, 2.05) is 0 Å². The van der Waals surface area contributed by atoms with Gasteiger partial charge in [-0.25, -0.2) is 0 Å². The summed E-state index contributed by atoms with van der Waals surface area (Å²) in [5.41, 5.74) is 94.7. The Morgan fingerprint density at radius 3 is 0.897 bits per heavy atom. The standard InChI is InChI=1S/C17H34N2.C15H30N2.C13H26N2.C10H22N2.2C7H16N2.2C6H14N2/c1-10-5-14(6-11(2)16(10)18)9-15-7-12(3)17(19)13(4)8-15;1-10-7-12(3-5-14(10)16)9-13-4-6-15(17)11(2)8-13;14-12-5-1-10(2-6-12)9-11-3-7-13(15)8-4-11;1-9(2)4-8(12)5-10(3,6-9)7-11;1-5-2-3-6(8)4-7(5)9;1-5-6(8)3-2-4-7(5)9;7-5-1-2-6(8)4-3-5;7-5-2-1-3-6(8)4-5/h10-17H,5-9,18-19H2,1-4H3;10-15H,3-9,16-17H2,1-2H3;10-13H,1-9,14-15H2;8H,4-7,11-12H2,1-3H3;2*5-7H,2-4,8-9H2,1H3;2*5-6H,1-4,7-8H2. The zero-order valence-corrected chi connectivity index (χ0v) is 65.6. The van der Waals surface area contributed by atoms with Gasteiger partial charge in [0.25, 0.3) is 0 Å². The van der Waals surface area contributed by atoms with E-state index in [-0.39, 0.29) is 5.41 Å². The first kappa shape index (κ1) is 88.8. The Balaban J connectivity index is 0.000000240. The average Bonchev–Trinajstić information content (AvgIpc) is 0.826. The van der Waals surface area contributed by atoms with Crippen LogP contribution in [0.3, 0.4) is 0 Å². The molecule has 32 N–H and O–H groups in total. The molecule has 0 bridgehead atoms. The highest BCUT2D eigenvalue weighted by molar-refractivity contribution is 4.95. The summed E-state index contributed by atoms with van der Waals surface area (Å²) in [6.45, 7) is 26.0. The Morgan fingerprint density at radius 2 is 0.577 bits per heavy atom. The van der Waals surface area contributed by atoms with E-state index < -0.39 is 0 Å². The zero-order chi connectivity index (χ0) is 72.3. The predicted octanol–water partition coefficient (Wildman–Crippen LogP) is 11.6. The van der Waals surface area contributed by atoms with Gasteiger partial charge in [-0.3, -0.25) is 0 Å². The van der Waals surface area contributed by atoms with Crippen LogP contribution in [0.25, 0.3) is 0 Å². The van der Waals surface area contributed by atoms with Crippen molar-refractivity contribution >= 4 is 0 Å². The largest absolute Gasteiger partial charge is 0.330 e. The van der Waals surface area contributed by atoms with Crippen molar-refractivity contribution in [2.45, 2.75) is 411 Å². The molecule has 0 aromatic rings. The maximum atomic E-state index is 6.26. The molecule has 0 aromatic heterocycles. The molecular weight excluding hydrogens is 1200 g/mol. The van der Waals surface area contributed by atoms with Crippen molar-refractivity contribution in [1.29, 1.82) is 0 Å². The Hall–Kier alpha value is -0.640. The Morgan fingerprint density at radius 1 is 0.258 bits per heavy atom. The molecule has 11 aliphatic rings. The average molecular weight is 1370 g/mol. The van der Waals surface area contributed by atoms with Crippen molar-refractivity contribution in [1.82, 2.24) is 0 Å². The summed E-state index contributed by atoms with van der Waals surface area (Å²) in [6, 6.07) is 6.22. The van der Waals surface area contributed by atoms with Crippen LogP contribution in [0.5, 0.6) is 0 Å². The predicted molar refractivity (Wildman–Crippen MR) is 420 cm³/mol. The molecule has 576 valence electrons. The third-order valence-corrected chi connectivity index (χ3v) is 27.2. The maximum absolute atomic E-state index is 6.26. The molecule has 0 aliphatic heterocycles. The van der Waals surface area contributed by atoms with E-state index in [0.717, 1.165) is 125 Å². The fourth-order valence-electron chi connectivity index (χ4n) is 20.3. The van der Waals surface area contributed by atoms with Gasteiger partial charge in [0.05, 0.1) is 0 Å². The SMILES string of the molecule is CC1(C)CC(N)CC(C)(CN)C1.CC1C(N)CCCC1N.CC1CC(CC2CC(C)C(N)C(C)C2)CC(C)C1N.CC1CC(CC2CCC(N)C(C)C2)CCC1N.CC1CCC(N)CC1N.NC1CCC(CC2CCC(N)CC2)CC1.NC1CCC(N)CC1.NC1CCCC(N)C1. The molecule has 0 radical (unpaired) electrons. The third kappa shape index (κ3) is 34.4. The smallest absolute Gasteiger partial charge is 0.00905 e. The minimum Gasteiger partial charge on any atom is -0.330 e.